The molecule has 0 saturated carbocycles. The summed E-state index contributed by atoms with van der Waals surface area (Å²) < 4.78 is 11.0. The van der Waals surface area contributed by atoms with Gasteiger partial charge < -0.3 is 9.47 Å². The van der Waals surface area contributed by atoms with Crippen LogP contribution in [0.25, 0.3) is 6.08 Å². The van der Waals surface area contributed by atoms with Crippen LogP contribution >= 0.6 is 15.9 Å². The van der Waals surface area contributed by atoms with Crippen LogP contribution in [0.4, 0.5) is 0 Å². The summed E-state index contributed by atoms with van der Waals surface area (Å²) in [7, 11) is 1.68. The zero-order valence-electron chi connectivity index (χ0n) is 12.2. The number of ether oxygens (including phenoxy) is 2. The molecule has 0 radical (unpaired) electrons. The van der Waals surface area contributed by atoms with E-state index >= 15 is 0 Å². The average Bonchev–Trinajstić information content (AvgIpc) is 2.42. The summed E-state index contributed by atoms with van der Waals surface area (Å²) in [5.74, 6) is 2.13. The van der Waals surface area contributed by atoms with Gasteiger partial charge in [0.25, 0.3) is 0 Å². The maximum absolute atomic E-state index is 5.66. The maximum atomic E-state index is 5.66. The Morgan fingerprint density at radius 1 is 1.32 bits per heavy atom. The van der Waals surface area contributed by atoms with E-state index in [0.717, 1.165) is 28.8 Å². The van der Waals surface area contributed by atoms with Gasteiger partial charge in [-0.05, 0) is 30.0 Å². The molecule has 0 atom stereocenters. The van der Waals surface area contributed by atoms with Crippen LogP contribution in [0.5, 0.6) is 11.5 Å². The minimum atomic E-state index is 0.529. The van der Waals surface area contributed by atoms with Crippen molar-refractivity contribution in [3.05, 3.63) is 29.3 Å². The third-order valence-corrected chi connectivity index (χ3v) is 3.54. The molecule has 1 aromatic rings. The standard InChI is InChI=1S/C16H23BrO2/c1-5-8-19-15-7-6-13(10-16(15)18-4)9-14(11-17)12(2)3/h6-7,9-10,12H,5,8,11H2,1-4H3. The summed E-state index contributed by atoms with van der Waals surface area (Å²) in [6.45, 7) is 7.20. The molecule has 0 aliphatic carbocycles. The number of halogens is 1. The third-order valence-electron chi connectivity index (χ3n) is 2.90. The molecule has 1 rings (SSSR count). The van der Waals surface area contributed by atoms with E-state index in [0.29, 0.717) is 12.5 Å². The zero-order chi connectivity index (χ0) is 14.3. The third kappa shape index (κ3) is 4.90. The molecular weight excluding hydrogens is 304 g/mol. The van der Waals surface area contributed by atoms with Crippen molar-refractivity contribution >= 4 is 22.0 Å². The van der Waals surface area contributed by atoms with Crippen LogP contribution < -0.4 is 9.47 Å². The molecule has 0 aromatic heterocycles. The number of benzene rings is 1. The second kappa shape index (κ2) is 8.26. The fourth-order valence-electron chi connectivity index (χ4n) is 1.68. The van der Waals surface area contributed by atoms with Gasteiger partial charge in [0.1, 0.15) is 0 Å². The van der Waals surface area contributed by atoms with Gasteiger partial charge in [-0.25, -0.2) is 0 Å². The topological polar surface area (TPSA) is 18.5 Å². The molecule has 0 amide bonds. The maximum Gasteiger partial charge on any atom is 0.161 e. The molecule has 106 valence electrons. The van der Waals surface area contributed by atoms with Gasteiger partial charge in [-0.2, -0.15) is 0 Å². The molecule has 0 saturated heterocycles. The predicted molar refractivity (Wildman–Crippen MR) is 85.4 cm³/mol. The minimum absolute atomic E-state index is 0.529. The molecule has 3 heteroatoms. The molecular formula is C16H23BrO2. The van der Waals surface area contributed by atoms with Crippen LogP contribution in [0.2, 0.25) is 0 Å². The van der Waals surface area contributed by atoms with Crippen molar-refractivity contribution in [2.45, 2.75) is 27.2 Å². The molecule has 0 unspecified atom stereocenters. The van der Waals surface area contributed by atoms with Crippen molar-refractivity contribution in [3.8, 4) is 11.5 Å². The first-order valence-electron chi connectivity index (χ1n) is 6.69. The average molecular weight is 327 g/mol. The summed E-state index contributed by atoms with van der Waals surface area (Å²) in [4.78, 5) is 0. The monoisotopic (exact) mass is 326 g/mol. The van der Waals surface area contributed by atoms with E-state index in [2.05, 4.69) is 48.8 Å². The Hall–Kier alpha value is -0.960. The Morgan fingerprint density at radius 3 is 2.58 bits per heavy atom. The Kier molecular flexibility index (Phi) is 7.00. The molecule has 0 fully saturated rings. The van der Waals surface area contributed by atoms with Gasteiger partial charge in [0.2, 0.25) is 0 Å². The van der Waals surface area contributed by atoms with Crippen LogP contribution in [0.15, 0.2) is 23.8 Å². The highest BCUT2D eigenvalue weighted by atomic mass is 79.9. The van der Waals surface area contributed by atoms with Gasteiger partial charge in [0.15, 0.2) is 11.5 Å². The lowest BCUT2D eigenvalue weighted by atomic mass is 10.0. The number of alkyl halides is 1. The van der Waals surface area contributed by atoms with Gasteiger partial charge >= 0.3 is 0 Å². The molecule has 0 spiro atoms. The summed E-state index contributed by atoms with van der Waals surface area (Å²) in [6, 6.07) is 6.07. The zero-order valence-corrected chi connectivity index (χ0v) is 13.8. The Morgan fingerprint density at radius 2 is 2.05 bits per heavy atom. The Labute approximate surface area is 124 Å². The van der Waals surface area contributed by atoms with Gasteiger partial charge in [-0.1, -0.05) is 54.4 Å². The molecule has 0 N–H and O–H groups in total. The van der Waals surface area contributed by atoms with Crippen molar-refractivity contribution < 1.29 is 9.47 Å². The molecule has 2 nitrogen and oxygen atoms in total. The fraction of sp³-hybridized carbons (Fsp3) is 0.500. The second-order valence-electron chi connectivity index (χ2n) is 4.77. The normalized spacial score (nSPS) is 11.8. The first kappa shape index (κ1) is 16.1. The van der Waals surface area contributed by atoms with Crippen LogP contribution in [0.1, 0.15) is 32.8 Å². The van der Waals surface area contributed by atoms with E-state index in [1.807, 2.05) is 12.1 Å². The van der Waals surface area contributed by atoms with E-state index in [1.165, 1.54) is 5.57 Å². The quantitative estimate of drug-likeness (QED) is 0.662. The number of hydrogen-bond donors (Lipinski definition) is 0. The summed E-state index contributed by atoms with van der Waals surface area (Å²) >= 11 is 3.53. The lowest BCUT2D eigenvalue weighted by Crippen LogP contribution is -1.98. The molecule has 0 heterocycles. The van der Waals surface area contributed by atoms with Crippen LogP contribution in [-0.4, -0.2) is 19.0 Å². The van der Waals surface area contributed by atoms with E-state index in [4.69, 9.17) is 9.47 Å². The fourth-order valence-corrected chi connectivity index (χ4v) is 2.49. The highest BCUT2D eigenvalue weighted by Crippen LogP contribution is 2.29. The van der Waals surface area contributed by atoms with E-state index in [-0.39, 0.29) is 0 Å². The smallest absolute Gasteiger partial charge is 0.161 e. The number of methoxy groups -OCH3 is 1. The van der Waals surface area contributed by atoms with Gasteiger partial charge in [0.05, 0.1) is 13.7 Å². The number of allylic oxidation sites excluding steroid dienone is 1. The molecule has 0 aliphatic rings. The highest BCUT2D eigenvalue weighted by molar-refractivity contribution is 9.09. The predicted octanol–water partition coefficient (Wildman–Crippen LogP) is 4.92. The SMILES string of the molecule is CCCOc1ccc(C=C(CBr)C(C)C)cc1OC. The molecule has 0 aliphatic heterocycles. The van der Waals surface area contributed by atoms with Crippen molar-refractivity contribution in [2.75, 3.05) is 19.0 Å². The lowest BCUT2D eigenvalue weighted by Gasteiger charge is -2.12. The Balaban J connectivity index is 2.99. The molecule has 1 aromatic carbocycles. The second-order valence-corrected chi connectivity index (χ2v) is 5.33. The highest BCUT2D eigenvalue weighted by Gasteiger charge is 2.06. The van der Waals surface area contributed by atoms with Gasteiger partial charge in [-0.15, -0.1) is 0 Å². The van der Waals surface area contributed by atoms with E-state index in [1.54, 1.807) is 7.11 Å². The first-order valence-corrected chi connectivity index (χ1v) is 7.81. The van der Waals surface area contributed by atoms with Crippen molar-refractivity contribution in [2.24, 2.45) is 5.92 Å². The number of hydrogen-bond acceptors (Lipinski definition) is 2. The largest absolute Gasteiger partial charge is 0.493 e. The number of rotatable bonds is 7. The van der Waals surface area contributed by atoms with E-state index < -0.39 is 0 Å². The van der Waals surface area contributed by atoms with Crippen molar-refractivity contribution in [3.63, 3.8) is 0 Å². The van der Waals surface area contributed by atoms with E-state index in [9.17, 15) is 0 Å². The van der Waals surface area contributed by atoms with Crippen LogP contribution in [0, 0.1) is 5.92 Å². The van der Waals surface area contributed by atoms with Gasteiger partial charge in [0, 0.05) is 5.33 Å². The van der Waals surface area contributed by atoms with Gasteiger partial charge in [-0.3, -0.25) is 0 Å². The van der Waals surface area contributed by atoms with Crippen molar-refractivity contribution in [1.82, 2.24) is 0 Å². The van der Waals surface area contributed by atoms with Crippen LogP contribution in [0.3, 0.4) is 0 Å². The summed E-state index contributed by atoms with van der Waals surface area (Å²) in [5.41, 5.74) is 2.51. The van der Waals surface area contributed by atoms with Crippen molar-refractivity contribution in [1.29, 1.82) is 0 Å². The minimum Gasteiger partial charge on any atom is -0.493 e. The Bertz CT molecular complexity index is 425. The van der Waals surface area contributed by atoms with Crippen LogP contribution in [-0.2, 0) is 0 Å². The summed E-state index contributed by atoms with van der Waals surface area (Å²) in [5, 5.41) is 0.890. The summed E-state index contributed by atoms with van der Waals surface area (Å²) in [6.07, 6.45) is 3.19. The molecule has 19 heavy (non-hydrogen) atoms. The first-order chi connectivity index (χ1) is 9.12. The molecule has 0 bridgehead atoms. The lowest BCUT2D eigenvalue weighted by molar-refractivity contribution is 0.294.